The molecule has 3 rings (SSSR count). The van der Waals surface area contributed by atoms with Gasteiger partial charge in [0.2, 0.25) is 0 Å². The lowest BCUT2D eigenvalue weighted by Gasteiger charge is -2.10. The maximum atomic E-state index is 12.1. The van der Waals surface area contributed by atoms with Crippen molar-refractivity contribution >= 4 is 15.7 Å². The van der Waals surface area contributed by atoms with E-state index in [9.17, 15) is 13.2 Å². The Morgan fingerprint density at radius 3 is 2.45 bits per heavy atom. The van der Waals surface area contributed by atoms with Gasteiger partial charge in [0.25, 0.3) is 5.91 Å². The van der Waals surface area contributed by atoms with E-state index in [-0.39, 0.29) is 23.5 Å². The largest absolute Gasteiger partial charge is 0.461 e. The topological polar surface area (TPSA) is 76.4 Å². The van der Waals surface area contributed by atoms with Crippen LogP contribution in [0.2, 0.25) is 0 Å². The number of amides is 1. The van der Waals surface area contributed by atoms with Gasteiger partial charge in [0, 0.05) is 17.2 Å². The highest BCUT2D eigenvalue weighted by molar-refractivity contribution is 7.91. The van der Waals surface area contributed by atoms with Gasteiger partial charge < -0.3 is 9.73 Å². The molecule has 0 saturated carbocycles. The fourth-order valence-corrected chi connectivity index (χ4v) is 4.23. The summed E-state index contributed by atoms with van der Waals surface area (Å²) in [4.78, 5) is 12.1. The van der Waals surface area contributed by atoms with E-state index < -0.39 is 9.84 Å². The Kier molecular flexibility index (Phi) is 3.78. The average Bonchev–Trinajstić information content (AvgIpc) is 3.05. The Labute approximate surface area is 129 Å². The molecule has 1 aromatic carbocycles. The van der Waals surface area contributed by atoms with Crippen LogP contribution in [0.4, 0.5) is 0 Å². The Bertz CT molecular complexity index is 790. The SMILES string of the molecule is Cc1ccc(-c2ccc(C(=O)N[C@H]3CCS(=O)(=O)C3)cc2)o1. The van der Waals surface area contributed by atoms with Gasteiger partial charge in [0.15, 0.2) is 9.84 Å². The van der Waals surface area contributed by atoms with E-state index >= 15 is 0 Å². The molecule has 2 aromatic rings. The second-order valence-corrected chi connectivity index (χ2v) is 7.79. The molecule has 1 fully saturated rings. The maximum Gasteiger partial charge on any atom is 0.251 e. The molecule has 1 aromatic heterocycles. The standard InChI is InChI=1S/C16H17NO4S/c1-11-2-7-15(21-11)12-3-5-13(6-4-12)16(18)17-14-8-9-22(19,20)10-14/h2-7,14H,8-10H2,1H3,(H,17,18)/t14-/m0/s1. The van der Waals surface area contributed by atoms with Crippen molar-refractivity contribution < 1.29 is 17.6 Å². The number of rotatable bonds is 3. The predicted octanol–water partition coefficient (Wildman–Crippen LogP) is 2.17. The van der Waals surface area contributed by atoms with E-state index in [0.717, 1.165) is 17.1 Å². The van der Waals surface area contributed by atoms with Gasteiger partial charge in [-0.3, -0.25) is 4.79 Å². The molecule has 0 bridgehead atoms. The molecule has 22 heavy (non-hydrogen) atoms. The van der Waals surface area contributed by atoms with E-state index in [1.807, 2.05) is 31.2 Å². The van der Waals surface area contributed by atoms with Gasteiger partial charge in [-0.15, -0.1) is 0 Å². The van der Waals surface area contributed by atoms with Crippen LogP contribution in [0.1, 0.15) is 22.5 Å². The van der Waals surface area contributed by atoms with E-state index in [1.54, 1.807) is 12.1 Å². The van der Waals surface area contributed by atoms with Crippen molar-refractivity contribution in [1.82, 2.24) is 5.32 Å². The minimum atomic E-state index is -2.99. The fourth-order valence-electron chi connectivity index (χ4n) is 2.55. The zero-order valence-corrected chi connectivity index (χ0v) is 13.0. The molecule has 1 N–H and O–H groups in total. The van der Waals surface area contributed by atoms with Crippen LogP contribution in [-0.4, -0.2) is 31.9 Å². The van der Waals surface area contributed by atoms with Gasteiger partial charge in [-0.1, -0.05) is 12.1 Å². The molecule has 116 valence electrons. The van der Waals surface area contributed by atoms with Gasteiger partial charge in [-0.25, -0.2) is 8.42 Å². The van der Waals surface area contributed by atoms with Crippen LogP contribution in [-0.2, 0) is 9.84 Å². The van der Waals surface area contributed by atoms with Gasteiger partial charge in [0.1, 0.15) is 11.5 Å². The number of sulfone groups is 1. The van der Waals surface area contributed by atoms with Crippen molar-refractivity contribution in [3.63, 3.8) is 0 Å². The second kappa shape index (κ2) is 5.61. The lowest BCUT2D eigenvalue weighted by atomic mass is 10.1. The third-order valence-electron chi connectivity index (χ3n) is 3.74. The van der Waals surface area contributed by atoms with E-state index in [1.165, 1.54) is 0 Å². The zero-order chi connectivity index (χ0) is 15.7. The van der Waals surface area contributed by atoms with Crippen LogP contribution < -0.4 is 5.32 Å². The van der Waals surface area contributed by atoms with E-state index in [0.29, 0.717) is 12.0 Å². The molecule has 2 heterocycles. The first-order valence-corrected chi connectivity index (χ1v) is 8.93. The highest BCUT2D eigenvalue weighted by Crippen LogP contribution is 2.22. The molecule has 5 nitrogen and oxygen atoms in total. The minimum absolute atomic E-state index is 0.0303. The summed E-state index contributed by atoms with van der Waals surface area (Å²) in [5.74, 6) is 1.52. The van der Waals surface area contributed by atoms with Gasteiger partial charge in [0.05, 0.1) is 11.5 Å². The Hall–Kier alpha value is -2.08. The molecule has 1 saturated heterocycles. The Morgan fingerprint density at radius 2 is 1.91 bits per heavy atom. The molecule has 0 spiro atoms. The number of carbonyl (C=O) groups excluding carboxylic acids is 1. The number of carbonyl (C=O) groups is 1. The predicted molar refractivity (Wildman–Crippen MR) is 83.4 cm³/mol. The van der Waals surface area contributed by atoms with Crippen LogP contribution in [0.15, 0.2) is 40.8 Å². The van der Waals surface area contributed by atoms with Crippen LogP contribution in [0.3, 0.4) is 0 Å². The summed E-state index contributed by atoms with van der Waals surface area (Å²) in [7, 11) is -2.99. The number of nitrogens with one attached hydrogen (secondary N) is 1. The summed E-state index contributed by atoms with van der Waals surface area (Å²) in [6.45, 7) is 1.88. The van der Waals surface area contributed by atoms with Crippen molar-refractivity contribution in [2.75, 3.05) is 11.5 Å². The highest BCUT2D eigenvalue weighted by Gasteiger charge is 2.29. The first-order chi connectivity index (χ1) is 10.4. The van der Waals surface area contributed by atoms with Gasteiger partial charge in [-0.05, 0) is 37.6 Å². The van der Waals surface area contributed by atoms with Crippen molar-refractivity contribution in [2.45, 2.75) is 19.4 Å². The maximum absolute atomic E-state index is 12.1. The summed E-state index contributed by atoms with van der Waals surface area (Å²) in [5, 5.41) is 2.77. The normalized spacial score (nSPS) is 20.0. The molecule has 1 aliphatic heterocycles. The van der Waals surface area contributed by atoms with Gasteiger partial charge in [-0.2, -0.15) is 0 Å². The lowest BCUT2D eigenvalue weighted by molar-refractivity contribution is 0.0941. The number of hydrogen-bond acceptors (Lipinski definition) is 4. The summed E-state index contributed by atoms with van der Waals surface area (Å²) < 4.78 is 28.3. The molecule has 1 aliphatic rings. The molecule has 1 atom stereocenters. The van der Waals surface area contributed by atoms with Crippen molar-refractivity contribution in [3.8, 4) is 11.3 Å². The third-order valence-corrected chi connectivity index (χ3v) is 5.51. The first kappa shape index (κ1) is 14.8. The Morgan fingerprint density at radius 1 is 1.18 bits per heavy atom. The summed E-state index contributed by atoms with van der Waals surface area (Å²) in [6, 6.07) is 10.5. The molecular weight excluding hydrogens is 302 g/mol. The smallest absolute Gasteiger partial charge is 0.251 e. The molecule has 6 heteroatoms. The van der Waals surface area contributed by atoms with Crippen molar-refractivity contribution in [3.05, 3.63) is 47.7 Å². The number of aryl methyl sites for hydroxylation is 1. The number of benzene rings is 1. The number of furan rings is 1. The molecule has 0 radical (unpaired) electrons. The number of hydrogen-bond donors (Lipinski definition) is 1. The lowest BCUT2D eigenvalue weighted by Crippen LogP contribution is -2.35. The quantitative estimate of drug-likeness (QED) is 0.940. The third kappa shape index (κ3) is 3.22. The molecule has 0 unspecified atom stereocenters. The van der Waals surface area contributed by atoms with E-state index in [2.05, 4.69) is 5.32 Å². The van der Waals surface area contributed by atoms with Crippen LogP contribution in [0.25, 0.3) is 11.3 Å². The average molecular weight is 319 g/mol. The van der Waals surface area contributed by atoms with Crippen LogP contribution in [0.5, 0.6) is 0 Å². The summed E-state index contributed by atoms with van der Waals surface area (Å²) in [6.07, 6.45) is 0.484. The summed E-state index contributed by atoms with van der Waals surface area (Å²) >= 11 is 0. The van der Waals surface area contributed by atoms with Crippen molar-refractivity contribution in [1.29, 1.82) is 0 Å². The van der Waals surface area contributed by atoms with E-state index in [4.69, 9.17) is 4.42 Å². The fraction of sp³-hybridized carbons (Fsp3) is 0.312. The molecule has 0 aliphatic carbocycles. The van der Waals surface area contributed by atoms with Crippen molar-refractivity contribution in [2.24, 2.45) is 0 Å². The zero-order valence-electron chi connectivity index (χ0n) is 12.2. The monoisotopic (exact) mass is 319 g/mol. The second-order valence-electron chi connectivity index (χ2n) is 5.56. The molecular formula is C16H17NO4S. The first-order valence-electron chi connectivity index (χ1n) is 7.11. The van der Waals surface area contributed by atoms with Crippen LogP contribution >= 0.6 is 0 Å². The highest BCUT2D eigenvalue weighted by atomic mass is 32.2. The molecule has 1 amide bonds. The summed E-state index contributed by atoms with van der Waals surface area (Å²) in [5.41, 5.74) is 1.41. The Balaban J connectivity index is 1.69. The van der Waals surface area contributed by atoms with Crippen LogP contribution in [0, 0.1) is 6.92 Å². The van der Waals surface area contributed by atoms with Gasteiger partial charge >= 0.3 is 0 Å². The minimum Gasteiger partial charge on any atom is -0.461 e.